The number of nitro groups is 1. The highest BCUT2D eigenvalue weighted by molar-refractivity contribution is 7.93. The van der Waals surface area contributed by atoms with Crippen LogP contribution in [0.5, 0.6) is 0 Å². The Morgan fingerprint density at radius 1 is 0.935 bits per heavy atom. The first kappa shape index (κ1) is 22.5. The van der Waals surface area contributed by atoms with Gasteiger partial charge in [-0.3, -0.25) is 14.9 Å². The van der Waals surface area contributed by atoms with E-state index in [-0.39, 0.29) is 21.8 Å². The third-order valence-corrected chi connectivity index (χ3v) is 6.74. The predicted molar refractivity (Wildman–Crippen MR) is 119 cm³/mol. The third-order valence-electron chi connectivity index (χ3n) is 4.77. The minimum atomic E-state index is -4.35. The van der Waals surface area contributed by atoms with Crippen LogP contribution in [0.2, 0.25) is 5.02 Å². The van der Waals surface area contributed by atoms with Gasteiger partial charge < -0.3 is 0 Å². The topological polar surface area (TPSA) is 97.6 Å². The van der Waals surface area contributed by atoms with Crippen molar-refractivity contribution in [2.24, 2.45) is 0 Å². The number of anilines is 1. The molecule has 0 heterocycles. The van der Waals surface area contributed by atoms with Crippen LogP contribution in [0.25, 0.3) is 0 Å². The molecule has 1 amide bonds. The zero-order chi connectivity index (χ0) is 22.9. The number of hydrogen-bond donors (Lipinski definition) is 0. The molecule has 0 saturated carbocycles. The summed E-state index contributed by atoms with van der Waals surface area (Å²) in [5.74, 6) is -0.897. The number of aryl methyl sites for hydroxylation is 3. The lowest BCUT2D eigenvalue weighted by Crippen LogP contribution is -2.37. The number of sulfonamides is 1. The molecule has 0 aliphatic heterocycles. The normalized spacial score (nSPS) is 11.2. The number of rotatable bonds is 5. The fourth-order valence-corrected chi connectivity index (χ4v) is 4.65. The van der Waals surface area contributed by atoms with E-state index < -0.39 is 20.9 Å². The molecule has 0 atom stereocenters. The maximum atomic E-state index is 13.5. The number of benzene rings is 3. The van der Waals surface area contributed by atoms with Gasteiger partial charge in [0.15, 0.2) is 0 Å². The van der Waals surface area contributed by atoms with Gasteiger partial charge in [-0.1, -0.05) is 29.8 Å². The lowest BCUT2D eigenvalue weighted by molar-refractivity contribution is -0.385. The molecule has 0 spiro atoms. The van der Waals surface area contributed by atoms with E-state index in [0.29, 0.717) is 20.5 Å². The van der Waals surface area contributed by atoms with E-state index in [0.717, 1.165) is 11.6 Å². The molecule has 0 aliphatic rings. The minimum Gasteiger partial charge on any atom is -0.268 e. The van der Waals surface area contributed by atoms with Gasteiger partial charge in [0.25, 0.3) is 21.6 Å². The summed E-state index contributed by atoms with van der Waals surface area (Å²) >= 11 is 5.89. The molecule has 0 bridgehead atoms. The van der Waals surface area contributed by atoms with E-state index in [9.17, 15) is 23.3 Å². The summed E-state index contributed by atoms with van der Waals surface area (Å²) in [7, 11) is -4.35. The second-order valence-electron chi connectivity index (χ2n) is 7.08. The van der Waals surface area contributed by atoms with E-state index >= 15 is 0 Å². The molecule has 0 unspecified atom stereocenters. The van der Waals surface area contributed by atoms with Crippen LogP contribution in [0.3, 0.4) is 0 Å². The smallest absolute Gasteiger partial charge is 0.268 e. The number of carbonyl (C=O) groups is 1. The average molecular weight is 459 g/mol. The fraction of sp³-hybridized carbons (Fsp3) is 0.136. The van der Waals surface area contributed by atoms with Gasteiger partial charge in [-0.25, -0.2) is 8.42 Å². The SMILES string of the molecule is Cc1ccc(C)c(N(C(=O)c2ccc(C)c([N+](=O)[O-])c2)S(=O)(=O)c2ccc(Cl)cc2)c1. The maximum Gasteiger partial charge on any atom is 0.273 e. The molecule has 160 valence electrons. The van der Waals surface area contributed by atoms with E-state index in [1.165, 1.54) is 36.4 Å². The van der Waals surface area contributed by atoms with E-state index in [1.807, 2.05) is 0 Å². The number of carbonyl (C=O) groups excluding carboxylic acids is 1. The Kier molecular flexibility index (Phi) is 6.15. The molecule has 0 aliphatic carbocycles. The highest BCUT2D eigenvalue weighted by Crippen LogP contribution is 2.31. The average Bonchev–Trinajstić information content (AvgIpc) is 2.71. The van der Waals surface area contributed by atoms with Crippen LogP contribution < -0.4 is 4.31 Å². The Balaban J connectivity index is 2.25. The second-order valence-corrected chi connectivity index (χ2v) is 9.30. The number of halogens is 1. The number of nitrogens with zero attached hydrogens (tertiary/aromatic N) is 2. The Morgan fingerprint density at radius 2 is 1.55 bits per heavy atom. The van der Waals surface area contributed by atoms with Crippen LogP contribution in [-0.2, 0) is 10.0 Å². The lowest BCUT2D eigenvalue weighted by atomic mass is 10.1. The lowest BCUT2D eigenvalue weighted by Gasteiger charge is -2.25. The molecule has 3 rings (SSSR count). The zero-order valence-electron chi connectivity index (χ0n) is 17.0. The standard InChI is InChI=1S/C22H19ClN2O5S/c1-14-4-5-15(2)20(12-14)24(31(29,30)19-10-8-18(23)9-11-19)22(26)17-7-6-16(3)21(13-17)25(27)28/h4-13H,1-3H3. The van der Waals surface area contributed by atoms with Crippen molar-refractivity contribution in [3.63, 3.8) is 0 Å². The van der Waals surface area contributed by atoms with Crippen molar-refractivity contribution in [2.75, 3.05) is 4.31 Å². The first-order valence-corrected chi connectivity index (χ1v) is 11.0. The summed E-state index contributed by atoms with van der Waals surface area (Å²) in [6.07, 6.45) is 0. The summed E-state index contributed by atoms with van der Waals surface area (Å²) < 4.78 is 27.8. The highest BCUT2D eigenvalue weighted by atomic mass is 35.5. The van der Waals surface area contributed by atoms with Gasteiger partial charge in [0.05, 0.1) is 15.5 Å². The number of nitro benzene ring substituents is 1. The molecule has 0 radical (unpaired) electrons. The van der Waals surface area contributed by atoms with Crippen molar-refractivity contribution in [3.05, 3.63) is 98.1 Å². The number of hydrogen-bond acceptors (Lipinski definition) is 5. The van der Waals surface area contributed by atoms with Crippen LogP contribution in [0.4, 0.5) is 11.4 Å². The van der Waals surface area contributed by atoms with Crippen molar-refractivity contribution in [1.82, 2.24) is 0 Å². The van der Waals surface area contributed by atoms with Crippen molar-refractivity contribution in [2.45, 2.75) is 25.7 Å². The van der Waals surface area contributed by atoms with Crippen molar-refractivity contribution < 1.29 is 18.1 Å². The Bertz CT molecular complexity index is 1290. The van der Waals surface area contributed by atoms with Gasteiger partial charge >= 0.3 is 0 Å². The van der Waals surface area contributed by atoms with Crippen molar-refractivity contribution in [1.29, 1.82) is 0 Å². The van der Waals surface area contributed by atoms with Gasteiger partial charge in [0.1, 0.15) is 0 Å². The molecule has 3 aromatic carbocycles. The van der Waals surface area contributed by atoms with Crippen LogP contribution >= 0.6 is 11.6 Å². The summed E-state index contributed by atoms with van der Waals surface area (Å²) in [6.45, 7) is 5.00. The highest BCUT2D eigenvalue weighted by Gasteiger charge is 2.33. The minimum absolute atomic E-state index is 0.115. The van der Waals surface area contributed by atoms with E-state index in [1.54, 1.807) is 39.0 Å². The summed E-state index contributed by atoms with van der Waals surface area (Å²) in [5.41, 5.74) is 1.45. The molecule has 7 nitrogen and oxygen atoms in total. The first-order valence-electron chi connectivity index (χ1n) is 9.20. The molecule has 31 heavy (non-hydrogen) atoms. The maximum absolute atomic E-state index is 13.5. The third kappa shape index (κ3) is 4.45. The van der Waals surface area contributed by atoms with E-state index in [4.69, 9.17) is 11.6 Å². The van der Waals surface area contributed by atoms with Gasteiger partial charge in [-0.2, -0.15) is 4.31 Å². The fourth-order valence-electron chi connectivity index (χ4n) is 3.05. The molecule has 3 aromatic rings. The van der Waals surface area contributed by atoms with Gasteiger partial charge in [0, 0.05) is 22.2 Å². The van der Waals surface area contributed by atoms with Crippen molar-refractivity contribution >= 4 is 38.9 Å². The monoisotopic (exact) mass is 458 g/mol. The van der Waals surface area contributed by atoms with Gasteiger partial charge in [0.2, 0.25) is 0 Å². The van der Waals surface area contributed by atoms with Crippen LogP contribution in [0.15, 0.2) is 65.6 Å². The second kappa shape index (κ2) is 8.49. The zero-order valence-corrected chi connectivity index (χ0v) is 18.6. The molecule has 0 aromatic heterocycles. The quantitative estimate of drug-likeness (QED) is 0.386. The Hall–Kier alpha value is -3.23. The van der Waals surface area contributed by atoms with Crippen molar-refractivity contribution in [3.8, 4) is 0 Å². The van der Waals surface area contributed by atoms with Gasteiger partial charge in [-0.05, 0) is 68.3 Å². The molecular weight excluding hydrogens is 440 g/mol. The Labute approximate surface area is 185 Å². The van der Waals surface area contributed by atoms with Crippen LogP contribution in [-0.4, -0.2) is 19.2 Å². The molecule has 9 heteroatoms. The van der Waals surface area contributed by atoms with Gasteiger partial charge in [-0.15, -0.1) is 0 Å². The molecule has 0 N–H and O–H groups in total. The largest absolute Gasteiger partial charge is 0.273 e. The first-order chi connectivity index (χ1) is 14.5. The summed E-state index contributed by atoms with van der Waals surface area (Å²) in [5, 5.41) is 11.7. The number of amides is 1. The molecular formula is C22H19ClN2O5S. The molecule has 0 fully saturated rings. The summed E-state index contributed by atoms with van der Waals surface area (Å²) in [4.78, 5) is 24.1. The Morgan fingerprint density at radius 3 is 2.16 bits per heavy atom. The predicted octanol–water partition coefficient (Wildman–Crippen LogP) is 5.21. The molecule has 0 saturated heterocycles. The summed E-state index contributed by atoms with van der Waals surface area (Å²) in [6, 6.07) is 14.4. The van der Waals surface area contributed by atoms with Crippen LogP contribution in [0, 0.1) is 30.9 Å². The van der Waals surface area contributed by atoms with E-state index in [2.05, 4.69) is 0 Å². The van der Waals surface area contributed by atoms with Crippen LogP contribution in [0.1, 0.15) is 27.0 Å².